The predicted octanol–water partition coefficient (Wildman–Crippen LogP) is 3.23. The number of halogens is 2. The van der Waals surface area contributed by atoms with Crippen LogP contribution in [0.3, 0.4) is 0 Å². The van der Waals surface area contributed by atoms with E-state index in [0.717, 1.165) is 5.56 Å². The Morgan fingerprint density at radius 1 is 1.21 bits per heavy atom. The number of anilines is 1. The first-order valence-corrected chi connectivity index (χ1v) is 7.56. The summed E-state index contributed by atoms with van der Waals surface area (Å²) in [4.78, 5) is 18.8. The molecule has 0 aliphatic rings. The highest BCUT2D eigenvalue weighted by molar-refractivity contribution is 6.30. The zero-order chi connectivity index (χ0) is 16.9. The number of aromatic nitrogens is 4. The molecule has 2 aromatic heterocycles. The summed E-state index contributed by atoms with van der Waals surface area (Å²) in [5, 5.41) is 10.8. The fourth-order valence-electron chi connectivity index (χ4n) is 2.13. The zero-order valence-corrected chi connectivity index (χ0v) is 13.2. The van der Waals surface area contributed by atoms with Gasteiger partial charge in [-0.05, 0) is 36.2 Å². The average Bonchev–Trinajstić information content (AvgIpc) is 3.03. The van der Waals surface area contributed by atoms with Crippen molar-refractivity contribution in [2.45, 2.75) is 12.8 Å². The maximum absolute atomic E-state index is 13.7. The van der Waals surface area contributed by atoms with Crippen LogP contribution in [0.25, 0.3) is 11.4 Å². The van der Waals surface area contributed by atoms with Crippen LogP contribution in [0.1, 0.15) is 12.0 Å². The number of amides is 1. The molecule has 0 atom stereocenters. The lowest BCUT2D eigenvalue weighted by Crippen LogP contribution is -2.13. The van der Waals surface area contributed by atoms with Crippen molar-refractivity contribution in [3.63, 3.8) is 0 Å². The minimum Gasteiger partial charge on any atom is -0.307 e. The third kappa shape index (κ3) is 3.94. The molecule has 0 spiro atoms. The molecule has 0 unspecified atom stereocenters. The van der Waals surface area contributed by atoms with E-state index in [4.69, 9.17) is 11.6 Å². The average molecular weight is 346 g/mol. The second kappa shape index (κ2) is 7.18. The number of carbonyl (C=O) groups is 1. The van der Waals surface area contributed by atoms with Crippen LogP contribution >= 0.6 is 11.6 Å². The summed E-state index contributed by atoms with van der Waals surface area (Å²) in [6.45, 7) is 0. The molecule has 3 rings (SSSR count). The van der Waals surface area contributed by atoms with E-state index in [1.807, 2.05) is 0 Å². The van der Waals surface area contributed by atoms with E-state index in [-0.39, 0.29) is 24.7 Å². The Balaban J connectivity index is 1.58. The predicted molar refractivity (Wildman–Crippen MR) is 88.0 cm³/mol. The topological polar surface area (TPSA) is 83.6 Å². The molecule has 3 aromatic rings. The molecule has 0 fully saturated rings. The third-order valence-electron chi connectivity index (χ3n) is 3.33. The summed E-state index contributed by atoms with van der Waals surface area (Å²) >= 11 is 5.70. The van der Waals surface area contributed by atoms with Crippen molar-refractivity contribution in [1.82, 2.24) is 20.2 Å². The van der Waals surface area contributed by atoms with Crippen LogP contribution in [0.5, 0.6) is 0 Å². The van der Waals surface area contributed by atoms with Gasteiger partial charge in [0.05, 0.1) is 0 Å². The minimum atomic E-state index is -0.421. The van der Waals surface area contributed by atoms with Gasteiger partial charge in [-0.2, -0.15) is 0 Å². The Bertz CT molecular complexity index is 853. The van der Waals surface area contributed by atoms with Gasteiger partial charge in [-0.1, -0.05) is 17.7 Å². The first-order valence-electron chi connectivity index (χ1n) is 7.18. The number of rotatable bonds is 5. The molecule has 1 aromatic carbocycles. The fourth-order valence-corrected chi connectivity index (χ4v) is 2.28. The van der Waals surface area contributed by atoms with E-state index in [1.165, 1.54) is 6.07 Å². The molecule has 0 bridgehead atoms. The number of pyridine rings is 1. The van der Waals surface area contributed by atoms with Gasteiger partial charge in [-0.15, -0.1) is 10.2 Å². The molecule has 24 heavy (non-hydrogen) atoms. The molecule has 0 aliphatic carbocycles. The Morgan fingerprint density at radius 2 is 2.00 bits per heavy atom. The zero-order valence-electron chi connectivity index (χ0n) is 12.5. The molecule has 122 valence electrons. The van der Waals surface area contributed by atoms with Crippen LogP contribution < -0.4 is 5.32 Å². The van der Waals surface area contributed by atoms with Gasteiger partial charge in [0.15, 0.2) is 5.82 Å². The van der Waals surface area contributed by atoms with Crippen molar-refractivity contribution >= 4 is 23.5 Å². The minimum absolute atomic E-state index is 0.115. The normalized spacial score (nSPS) is 10.6. The van der Waals surface area contributed by atoms with Gasteiger partial charge in [0.1, 0.15) is 5.82 Å². The second-order valence-corrected chi connectivity index (χ2v) is 5.48. The molecule has 6 nitrogen and oxygen atoms in total. The smallest absolute Gasteiger partial charge is 0.228 e. The molecule has 0 saturated heterocycles. The van der Waals surface area contributed by atoms with Crippen LogP contribution in [0.2, 0.25) is 5.02 Å². The van der Waals surface area contributed by atoms with Gasteiger partial charge in [-0.3, -0.25) is 15.1 Å². The van der Waals surface area contributed by atoms with Crippen molar-refractivity contribution < 1.29 is 9.18 Å². The number of nitrogens with one attached hydrogen (secondary N) is 2. The van der Waals surface area contributed by atoms with E-state index in [1.54, 1.807) is 36.7 Å². The second-order valence-electron chi connectivity index (χ2n) is 5.04. The molecular weight excluding hydrogens is 333 g/mol. The van der Waals surface area contributed by atoms with E-state index in [2.05, 4.69) is 25.5 Å². The van der Waals surface area contributed by atoms with Gasteiger partial charge in [-0.25, -0.2) is 4.39 Å². The van der Waals surface area contributed by atoms with Crippen molar-refractivity contribution in [3.8, 4) is 11.4 Å². The summed E-state index contributed by atoms with van der Waals surface area (Å²) in [5.41, 5.74) is 1.24. The third-order valence-corrected chi connectivity index (χ3v) is 3.57. The Morgan fingerprint density at radius 3 is 2.75 bits per heavy atom. The maximum Gasteiger partial charge on any atom is 0.228 e. The maximum atomic E-state index is 13.7. The van der Waals surface area contributed by atoms with E-state index in [0.29, 0.717) is 16.4 Å². The molecule has 2 heterocycles. The first-order chi connectivity index (χ1) is 11.6. The number of hydrogen-bond acceptors (Lipinski definition) is 4. The highest BCUT2D eigenvalue weighted by Crippen LogP contribution is 2.17. The summed E-state index contributed by atoms with van der Waals surface area (Å²) in [6, 6.07) is 7.94. The van der Waals surface area contributed by atoms with Crippen LogP contribution in [0.15, 0.2) is 42.7 Å². The molecular formula is C16H13ClFN5O. The van der Waals surface area contributed by atoms with Gasteiger partial charge in [0, 0.05) is 29.4 Å². The number of aryl methyl sites for hydroxylation is 1. The fraction of sp³-hybridized carbons (Fsp3) is 0.125. The molecule has 8 heteroatoms. The lowest BCUT2D eigenvalue weighted by Gasteiger charge is -2.04. The lowest BCUT2D eigenvalue weighted by atomic mass is 10.1. The summed E-state index contributed by atoms with van der Waals surface area (Å²) in [6.07, 6.45) is 3.65. The van der Waals surface area contributed by atoms with Crippen molar-refractivity contribution in [1.29, 1.82) is 0 Å². The Kier molecular flexibility index (Phi) is 4.81. The molecule has 0 radical (unpaired) electrons. The van der Waals surface area contributed by atoms with Crippen LogP contribution in [0.4, 0.5) is 10.3 Å². The van der Waals surface area contributed by atoms with Crippen LogP contribution in [-0.2, 0) is 11.2 Å². The van der Waals surface area contributed by atoms with Gasteiger partial charge < -0.3 is 4.98 Å². The Hall–Kier alpha value is -2.80. The highest BCUT2D eigenvalue weighted by atomic mass is 35.5. The monoisotopic (exact) mass is 345 g/mol. The lowest BCUT2D eigenvalue weighted by molar-refractivity contribution is -0.116. The number of benzene rings is 1. The number of nitrogens with zero attached hydrogens (tertiary/aromatic N) is 3. The van der Waals surface area contributed by atoms with Crippen molar-refractivity contribution in [2.75, 3.05) is 5.32 Å². The first kappa shape index (κ1) is 16.1. The van der Waals surface area contributed by atoms with Crippen LogP contribution in [-0.4, -0.2) is 26.1 Å². The number of H-pyrrole nitrogens is 1. The summed E-state index contributed by atoms with van der Waals surface area (Å²) in [7, 11) is 0. The number of aromatic amines is 1. The molecule has 1 amide bonds. The molecule has 0 saturated carbocycles. The molecule has 2 N–H and O–H groups in total. The largest absolute Gasteiger partial charge is 0.307 e. The van der Waals surface area contributed by atoms with E-state index in [9.17, 15) is 9.18 Å². The SMILES string of the molecule is O=C(CCc1ccc(Cl)cc1F)Nc1nnc(-c2ccncc2)[nH]1. The van der Waals surface area contributed by atoms with Crippen molar-refractivity contribution in [3.05, 3.63) is 59.1 Å². The van der Waals surface area contributed by atoms with Gasteiger partial charge >= 0.3 is 0 Å². The van der Waals surface area contributed by atoms with E-state index < -0.39 is 5.82 Å². The standard InChI is InChI=1S/C16H13ClFN5O/c17-12-3-1-10(13(18)9-12)2-4-14(24)20-16-21-15(22-23-16)11-5-7-19-8-6-11/h1,3,5-9H,2,4H2,(H2,20,21,22,23,24). The molecule has 0 aliphatic heterocycles. The number of carbonyl (C=O) groups excluding carboxylic acids is 1. The summed E-state index contributed by atoms with van der Waals surface area (Å²) < 4.78 is 13.7. The van der Waals surface area contributed by atoms with Gasteiger partial charge in [0.25, 0.3) is 0 Å². The van der Waals surface area contributed by atoms with Gasteiger partial charge in [0.2, 0.25) is 11.9 Å². The highest BCUT2D eigenvalue weighted by Gasteiger charge is 2.10. The Labute approximate surface area is 142 Å². The van der Waals surface area contributed by atoms with Crippen molar-refractivity contribution in [2.24, 2.45) is 0 Å². The summed E-state index contributed by atoms with van der Waals surface area (Å²) in [5.74, 6) is 0.0524. The van der Waals surface area contributed by atoms with Crippen LogP contribution in [0, 0.1) is 5.82 Å². The quantitative estimate of drug-likeness (QED) is 0.743. The van der Waals surface area contributed by atoms with E-state index >= 15 is 0 Å². The number of hydrogen-bond donors (Lipinski definition) is 2.